The molecule has 0 fully saturated rings. The molecule has 4 nitrogen and oxygen atoms in total. The Kier molecular flexibility index (Phi) is 3.06. The third-order valence-electron chi connectivity index (χ3n) is 1.88. The molecule has 1 aliphatic rings. The first-order chi connectivity index (χ1) is 7.16. The Hall–Kier alpha value is -0.880. The van der Waals surface area contributed by atoms with Crippen LogP contribution in [0.3, 0.4) is 0 Å². The van der Waals surface area contributed by atoms with E-state index >= 15 is 0 Å². The van der Waals surface area contributed by atoms with Gasteiger partial charge in [0.25, 0.3) is 0 Å². The maximum absolute atomic E-state index is 10.8. The summed E-state index contributed by atoms with van der Waals surface area (Å²) in [5, 5.41) is 8.90. The summed E-state index contributed by atoms with van der Waals surface area (Å²) in [4.78, 5) is 11.6. The molecule has 2 rings (SSSR count). The summed E-state index contributed by atoms with van der Waals surface area (Å²) in [6.45, 7) is 0.750. The Bertz CT molecular complexity index is 399. The molecule has 1 aromatic carbocycles. The van der Waals surface area contributed by atoms with Crippen LogP contribution in [0.5, 0.6) is 5.75 Å². The molecule has 1 amide bonds. The molecule has 1 heterocycles. The number of nitrogens with zero attached hydrogens (tertiary/aromatic N) is 1. The molecule has 0 aromatic heterocycles. The summed E-state index contributed by atoms with van der Waals surface area (Å²) in [5.41, 5.74) is 0. The van der Waals surface area contributed by atoms with Gasteiger partial charge in [-0.2, -0.15) is 0 Å². The summed E-state index contributed by atoms with van der Waals surface area (Å²) in [5.74, 6) is 0.729. The quantitative estimate of drug-likeness (QED) is 0.746. The highest BCUT2D eigenvalue weighted by Gasteiger charge is 2.20. The van der Waals surface area contributed by atoms with Crippen LogP contribution in [0, 0.1) is 0 Å². The van der Waals surface area contributed by atoms with Crippen LogP contribution in [0.2, 0.25) is 0 Å². The van der Waals surface area contributed by atoms with Gasteiger partial charge in [-0.1, -0.05) is 15.9 Å². The van der Waals surface area contributed by atoms with Crippen molar-refractivity contribution in [3.63, 3.8) is 0 Å². The molecule has 0 aliphatic carbocycles. The molecule has 0 atom stereocenters. The lowest BCUT2D eigenvalue weighted by Gasteiger charge is -2.13. The average Bonchev–Trinajstić information content (AvgIpc) is 2.39. The lowest BCUT2D eigenvalue weighted by atomic mass is 10.3. The average molecular weight is 290 g/mol. The van der Waals surface area contributed by atoms with E-state index in [1.807, 2.05) is 18.2 Å². The monoisotopic (exact) mass is 289 g/mol. The number of rotatable bonds is 0. The third kappa shape index (κ3) is 2.38. The van der Waals surface area contributed by atoms with Gasteiger partial charge in [-0.05, 0) is 30.1 Å². The van der Waals surface area contributed by atoms with Crippen molar-refractivity contribution in [1.82, 2.24) is 4.31 Å². The molecule has 0 spiro atoms. The van der Waals surface area contributed by atoms with Gasteiger partial charge in [-0.15, -0.1) is 0 Å². The fourth-order valence-corrected chi connectivity index (χ4v) is 2.60. The summed E-state index contributed by atoms with van der Waals surface area (Å²) in [6.07, 6.45) is -0.948. The van der Waals surface area contributed by atoms with Crippen LogP contribution in [0.25, 0.3) is 0 Å². The van der Waals surface area contributed by atoms with Crippen molar-refractivity contribution in [3.05, 3.63) is 22.7 Å². The number of amides is 1. The van der Waals surface area contributed by atoms with Crippen LogP contribution in [-0.2, 0) is 0 Å². The van der Waals surface area contributed by atoms with Gasteiger partial charge in [0.2, 0.25) is 0 Å². The third-order valence-corrected chi connectivity index (χ3v) is 3.45. The minimum Gasteiger partial charge on any atom is -0.490 e. The van der Waals surface area contributed by atoms with Crippen molar-refractivity contribution < 1.29 is 14.6 Å². The summed E-state index contributed by atoms with van der Waals surface area (Å²) in [7, 11) is 0. The van der Waals surface area contributed by atoms with E-state index < -0.39 is 6.09 Å². The van der Waals surface area contributed by atoms with Crippen molar-refractivity contribution in [1.29, 1.82) is 0 Å². The lowest BCUT2D eigenvalue weighted by molar-refractivity contribution is 0.170. The molecule has 0 unspecified atom stereocenters. The zero-order valence-corrected chi connectivity index (χ0v) is 10.0. The van der Waals surface area contributed by atoms with Crippen molar-refractivity contribution in [2.75, 3.05) is 13.2 Å². The van der Waals surface area contributed by atoms with Crippen LogP contribution in [-0.4, -0.2) is 28.7 Å². The Morgan fingerprint density at radius 1 is 1.60 bits per heavy atom. The van der Waals surface area contributed by atoms with E-state index in [4.69, 9.17) is 9.84 Å². The van der Waals surface area contributed by atoms with Crippen LogP contribution < -0.4 is 4.74 Å². The molecule has 1 aliphatic heterocycles. The molecule has 80 valence electrons. The van der Waals surface area contributed by atoms with Crippen LogP contribution in [0.1, 0.15) is 0 Å². The van der Waals surface area contributed by atoms with Gasteiger partial charge in [-0.25, -0.2) is 9.10 Å². The molecule has 1 aromatic rings. The summed E-state index contributed by atoms with van der Waals surface area (Å²) >= 11 is 4.52. The van der Waals surface area contributed by atoms with E-state index in [-0.39, 0.29) is 0 Å². The molecule has 0 saturated heterocycles. The highest BCUT2D eigenvalue weighted by Crippen LogP contribution is 2.35. The maximum atomic E-state index is 10.8. The van der Waals surface area contributed by atoms with E-state index in [2.05, 4.69) is 15.9 Å². The van der Waals surface area contributed by atoms with Gasteiger partial charge in [0.15, 0.2) is 0 Å². The minimum atomic E-state index is -0.948. The van der Waals surface area contributed by atoms with Crippen molar-refractivity contribution >= 4 is 34.0 Å². The number of carbonyl (C=O) groups is 1. The van der Waals surface area contributed by atoms with Crippen molar-refractivity contribution in [2.24, 2.45) is 0 Å². The smallest absolute Gasteiger partial charge is 0.417 e. The molecular formula is C9H8BrNO3S. The summed E-state index contributed by atoms with van der Waals surface area (Å²) < 4.78 is 7.61. The highest BCUT2D eigenvalue weighted by molar-refractivity contribution is 9.10. The van der Waals surface area contributed by atoms with E-state index in [0.29, 0.717) is 13.2 Å². The van der Waals surface area contributed by atoms with Crippen LogP contribution in [0.15, 0.2) is 27.6 Å². The predicted molar refractivity (Wildman–Crippen MR) is 60.2 cm³/mol. The Labute approximate surface area is 99.5 Å². The molecule has 0 radical (unpaired) electrons. The second kappa shape index (κ2) is 4.32. The number of hydrogen-bond acceptors (Lipinski definition) is 3. The van der Waals surface area contributed by atoms with Gasteiger partial charge in [0.05, 0.1) is 11.4 Å². The molecule has 0 bridgehead atoms. The van der Waals surface area contributed by atoms with E-state index in [1.165, 1.54) is 16.3 Å². The van der Waals surface area contributed by atoms with E-state index in [9.17, 15) is 4.79 Å². The number of fused-ring (bicyclic) bond motifs is 1. The number of ether oxygens (including phenoxy) is 1. The van der Waals surface area contributed by atoms with Gasteiger partial charge in [-0.3, -0.25) is 0 Å². The Morgan fingerprint density at radius 2 is 2.40 bits per heavy atom. The zero-order valence-electron chi connectivity index (χ0n) is 7.64. The number of hydrogen-bond donors (Lipinski definition) is 1. The first-order valence-corrected chi connectivity index (χ1v) is 5.84. The fourth-order valence-electron chi connectivity index (χ4n) is 1.21. The van der Waals surface area contributed by atoms with Gasteiger partial charge < -0.3 is 9.84 Å². The van der Waals surface area contributed by atoms with Crippen LogP contribution >= 0.6 is 27.9 Å². The molecule has 1 N–H and O–H groups in total. The van der Waals surface area contributed by atoms with E-state index in [0.717, 1.165) is 15.1 Å². The number of benzene rings is 1. The second-order valence-electron chi connectivity index (χ2n) is 2.92. The predicted octanol–water partition coefficient (Wildman–Crippen LogP) is 2.83. The van der Waals surface area contributed by atoms with Gasteiger partial charge in [0, 0.05) is 4.47 Å². The van der Waals surface area contributed by atoms with E-state index in [1.54, 1.807) is 0 Å². The molecule has 15 heavy (non-hydrogen) atoms. The molecule has 0 saturated carbocycles. The maximum Gasteiger partial charge on any atom is 0.417 e. The fraction of sp³-hybridized carbons (Fsp3) is 0.222. The minimum absolute atomic E-state index is 0.367. The van der Waals surface area contributed by atoms with Gasteiger partial charge in [0.1, 0.15) is 12.4 Å². The lowest BCUT2D eigenvalue weighted by Crippen LogP contribution is -2.25. The topological polar surface area (TPSA) is 49.8 Å². The standard InChI is InChI=1S/C9H8BrNO3S/c10-6-1-2-7-8(5-6)15-11(9(12)13)3-4-14-7/h1-2,5H,3-4H2,(H,12,13). The highest BCUT2D eigenvalue weighted by atomic mass is 79.9. The molecular weight excluding hydrogens is 282 g/mol. The van der Waals surface area contributed by atoms with Crippen LogP contribution in [0.4, 0.5) is 4.79 Å². The first-order valence-electron chi connectivity index (χ1n) is 4.27. The van der Waals surface area contributed by atoms with Gasteiger partial charge >= 0.3 is 6.09 Å². The number of halogens is 1. The molecule has 6 heteroatoms. The largest absolute Gasteiger partial charge is 0.490 e. The normalized spacial score (nSPS) is 15.1. The summed E-state index contributed by atoms with van der Waals surface area (Å²) in [6, 6.07) is 5.55. The zero-order chi connectivity index (χ0) is 10.8. The Balaban J connectivity index is 2.31. The SMILES string of the molecule is O=C(O)N1CCOc2ccc(Br)cc2S1. The Morgan fingerprint density at radius 3 is 3.13 bits per heavy atom. The second-order valence-corrected chi connectivity index (χ2v) is 4.89. The van der Waals surface area contributed by atoms with Crippen molar-refractivity contribution in [3.8, 4) is 5.75 Å². The first kappa shape index (κ1) is 10.6. The number of carboxylic acid groups (broad SMARTS) is 1. The van der Waals surface area contributed by atoms with Crippen molar-refractivity contribution in [2.45, 2.75) is 4.90 Å².